The number of amides is 1. The van der Waals surface area contributed by atoms with Crippen LogP contribution in [-0.2, 0) is 10.4 Å². The van der Waals surface area contributed by atoms with Crippen LogP contribution in [0.25, 0.3) is 0 Å². The molecule has 0 unspecified atom stereocenters. The number of halogens is 1. The third-order valence-corrected chi connectivity index (χ3v) is 6.16. The predicted octanol–water partition coefficient (Wildman–Crippen LogP) is 4.68. The van der Waals surface area contributed by atoms with Crippen molar-refractivity contribution in [2.45, 2.75) is 39.7 Å². The van der Waals surface area contributed by atoms with Crippen LogP contribution in [0.5, 0.6) is 0 Å². The zero-order valence-corrected chi connectivity index (χ0v) is 18.2. The lowest BCUT2D eigenvalue weighted by molar-refractivity contribution is -0.135. The molecule has 0 bridgehead atoms. The van der Waals surface area contributed by atoms with Crippen LogP contribution in [0.15, 0.2) is 41.4 Å². The normalized spacial score (nSPS) is 18.4. The Balaban J connectivity index is 2.10. The summed E-state index contributed by atoms with van der Waals surface area (Å²) in [5, 5.41) is 11.4. The number of ketones is 1. The van der Waals surface area contributed by atoms with E-state index in [4.69, 9.17) is 0 Å². The number of benzene rings is 2. The quantitative estimate of drug-likeness (QED) is 0.541. The van der Waals surface area contributed by atoms with Crippen molar-refractivity contribution in [3.8, 4) is 0 Å². The van der Waals surface area contributed by atoms with E-state index in [9.17, 15) is 14.7 Å². The van der Waals surface area contributed by atoms with E-state index in [0.717, 1.165) is 26.7 Å². The summed E-state index contributed by atoms with van der Waals surface area (Å²) in [6.07, 6.45) is 1.31. The topological polar surface area (TPSA) is 57.6 Å². The van der Waals surface area contributed by atoms with Gasteiger partial charge in [-0.1, -0.05) is 28.1 Å². The molecule has 0 saturated carbocycles. The lowest BCUT2D eigenvalue weighted by atomic mass is 9.84. The molecule has 0 aromatic heterocycles. The Bertz CT molecular complexity index is 985. The summed E-state index contributed by atoms with van der Waals surface area (Å²) in [5.41, 5.74) is 3.58. The highest BCUT2D eigenvalue weighted by molar-refractivity contribution is 9.10. The molecule has 4 nitrogen and oxygen atoms in total. The zero-order valence-electron chi connectivity index (χ0n) is 16.6. The number of aryl methyl sites for hydroxylation is 2. The van der Waals surface area contributed by atoms with Crippen LogP contribution in [0.2, 0.25) is 0 Å². The van der Waals surface area contributed by atoms with Gasteiger partial charge in [-0.25, -0.2) is 0 Å². The monoisotopic (exact) mass is 441 g/mol. The zero-order chi connectivity index (χ0) is 20.8. The fraction of sp³-hybridized carbons (Fsp3) is 0.304. The van der Waals surface area contributed by atoms with Gasteiger partial charge in [0, 0.05) is 22.1 Å². The van der Waals surface area contributed by atoms with E-state index in [2.05, 4.69) is 28.6 Å². The fourth-order valence-electron chi connectivity index (χ4n) is 3.96. The van der Waals surface area contributed by atoms with Crippen molar-refractivity contribution >= 4 is 33.3 Å². The highest BCUT2D eigenvalue weighted by Crippen LogP contribution is 2.44. The number of aliphatic hydroxyl groups is 1. The van der Waals surface area contributed by atoms with Crippen molar-refractivity contribution < 1.29 is 14.7 Å². The molecule has 2 aromatic rings. The molecule has 0 radical (unpaired) electrons. The molecular weight excluding hydrogens is 418 g/mol. The number of carbonyl (C=O) groups is 2. The summed E-state index contributed by atoms with van der Waals surface area (Å²) in [6, 6.07) is 7.35. The van der Waals surface area contributed by atoms with E-state index in [-0.39, 0.29) is 18.7 Å². The highest BCUT2D eigenvalue weighted by Gasteiger charge is 2.51. The smallest absolute Gasteiger partial charge is 0.264 e. The lowest BCUT2D eigenvalue weighted by Crippen LogP contribution is -2.42. The summed E-state index contributed by atoms with van der Waals surface area (Å²) in [6.45, 7) is 11.7. The predicted molar refractivity (Wildman–Crippen MR) is 115 cm³/mol. The van der Waals surface area contributed by atoms with Crippen molar-refractivity contribution in [3.63, 3.8) is 0 Å². The molecule has 0 aliphatic carbocycles. The van der Waals surface area contributed by atoms with Crippen LogP contribution in [0.3, 0.4) is 0 Å². The Hall–Kier alpha value is -2.24. The molecule has 0 spiro atoms. The number of rotatable bonds is 5. The van der Waals surface area contributed by atoms with Gasteiger partial charge >= 0.3 is 0 Å². The van der Waals surface area contributed by atoms with E-state index in [1.165, 1.54) is 4.90 Å². The van der Waals surface area contributed by atoms with Gasteiger partial charge in [0.05, 0.1) is 12.1 Å². The third kappa shape index (κ3) is 3.12. The fourth-order valence-corrected chi connectivity index (χ4v) is 4.32. The molecule has 1 N–H and O–H groups in total. The van der Waals surface area contributed by atoms with Gasteiger partial charge in [-0.05, 0) is 68.1 Å². The number of hydrogen-bond donors (Lipinski definition) is 1. The molecule has 1 aliphatic rings. The maximum Gasteiger partial charge on any atom is 0.264 e. The lowest BCUT2D eigenvalue weighted by Gasteiger charge is -2.23. The molecule has 3 rings (SSSR count). The van der Waals surface area contributed by atoms with Gasteiger partial charge < -0.3 is 10.0 Å². The average molecular weight is 442 g/mol. The van der Waals surface area contributed by atoms with E-state index in [0.29, 0.717) is 16.8 Å². The first-order valence-electron chi connectivity index (χ1n) is 9.17. The maximum absolute atomic E-state index is 13.3. The number of hydrogen-bond acceptors (Lipinski definition) is 3. The molecule has 0 fully saturated rings. The second kappa shape index (κ2) is 7.30. The van der Waals surface area contributed by atoms with Crippen LogP contribution >= 0.6 is 15.9 Å². The minimum Gasteiger partial charge on any atom is -0.375 e. The maximum atomic E-state index is 13.3. The van der Waals surface area contributed by atoms with Crippen molar-refractivity contribution in [1.29, 1.82) is 0 Å². The Morgan fingerprint density at radius 2 is 1.79 bits per heavy atom. The number of anilines is 1. The van der Waals surface area contributed by atoms with Crippen LogP contribution < -0.4 is 4.90 Å². The molecule has 28 heavy (non-hydrogen) atoms. The van der Waals surface area contributed by atoms with Gasteiger partial charge in [-0.3, -0.25) is 9.59 Å². The van der Waals surface area contributed by atoms with Crippen LogP contribution in [0.4, 0.5) is 5.69 Å². The van der Waals surface area contributed by atoms with Gasteiger partial charge in [0.2, 0.25) is 0 Å². The second-order valence-electron chi connectivity index (χ2n) is 7.46. The van der Waals surface area contributed by atoms with Gasteiger partial charge in [-0.2, -0.15) is 0 Å². The molecule has 146 valence electrons. The standard InChI is InChI=1S/C23H24BrNO3/c1-6-9-25-19-8-7-17(24)11-18(19)23(28,22(25)27)12-20(26)21-15(4)13(2)10-14(3)16(21)5/h6-8,10-11,28H,1,9,12H2,2-5H3/t23-/m0/s1. The molecule has 1 atom stereocenters. The third-order valence-electron chi connectivity index (χ3n) is 5.67. The van der Waals surface area contributed by atoms with E-state index >= 15 is 0 Å². The van der Waals surface area contributed by atoms with Crippen LogP contribution in [-0.4, -0.2) is 23.3 Å². The minimum atomic E-state index is -1.89. The highest BCUT2D eigenvalue weighted by atomic mass is 79.9. The summed E-state index contributed by atoms with van der Waals surface area (Å²) < 4.78 is 0.740. The second-order valence-corrected chi connectivity index (χ2v) is 8.38. The SMILES string of the molecule is C=CCN1C(=O)[C@](O)(CC(=O)c2c(C)c(C)cc(C)c2C)c2cc(Br)ccc21. The Morgan fingerprint density at radius 1 is 1.18 bits per heavy atom. The number of fused-ring (bicyclic) bond motifs is 1. The molecule has 0 saturated heterocycles. The number of nitrogens with zero attached hydrogens (tertiary/aromatic N) is 1. The Morgan fingerprint density at radius 3 is 2.36 bits per heavy atom. The van der Waals surface area contributed by atoms with E-state index in [1.54, 1.807) is 18.2 Å². The first-order chi connectivity index (χ1) is 13.1. The van der Waals surface area contributed by atoms with Gasteiger partial charge in [-0.15, -0.1) is 6.58 Å². The minimum absolute atomic E-state index is 0.232. The van der Waals surface area contributed by atoms with Gasteiger partial charge in [0.25, 0.3) is 5.91 Å². The first-order valence-corrected chi connectivity index (χ1v) is 9.97. The van der Waals surface area contributed by atoms with Crippen molar-refractivity contribution in [2.24, 2.45) is 0 Å². The average Bonchev–Trinajstić information content (AvgIpc) is 2.82. The largest absolute Gasteiger partial charge is 0.375 e. The van der Waals surface area contributed by atoms with Gasteiger partial charge in [0.15, 0.2) is 11.4 Å². The molecule has 1 aliphatic heterocycles. The summed E-state index contributed by atoms with van der Waals surface area (Å²) in [5.74, 6) is -0.724. The number of carbonyl (C=O) groups excluding carboxylic acids is 2. The molecule has 1 heterocycles. The van der Waals surface area contributed by atoms with Crippen LogP contribution in [0.1, 0.15) is 44.6 Å². The van der Waals surface area contributed by atoms with Crippen molar-refractivity contribution in [2.75, 3.05) is 11.4 Å². The summed E-state index contributed by atoms with van der Waals surface area (Å²) >= 11 is 3.40. The Kier molecular flexibility index (Phi) is 5.34. The van der Waals surface area contributed by atoms with E-state index < -0.39 is 11.5 Å². The summed E-state index contributed by atoms with van der Waals surface area (Å²) in [4.78, 5) is 27.9. The van der Waals surface area contributed by atoms with Gasteiger partial charge in [0.1, 0.15) is 0 Å². The Labute approximate surface area is 174 Å². The van der Waals surface area contributed by atoms with Crippen molar-refractivity contribution in [1.82, 2.24) is 0 Å². The molecule has 1 amide bonds. The molecule has 5 heteroatoms. The van der Waals surface area contributed by atoms with Crippen LogP contribution in [0, 0.1) is 27.7 Å². The number of Topliss-reactive ketones (excluding diaryl/α,β-unsaturated/α-hetero) is 1. The summed E-state index contributed by atoms with van der Waals surface area (Å²) in [7, 11) is 0. The molecule has 2 aromatic carbocycles. The first kappa shape index (κ1) is 20.5. The van der Waals surface area contributed by atoms with E-state index in [1.807, 2.05) is 33.8 Å². The molecular formula is C23H24BrNO3. The van der Waals surface area contributed by atoms with Crippen molar-refractivity contribution in [3.05, 3.63) is 74.8 Å².